The molecule has 10 nitrogen and oxygen atoms in total. The molecular weight excluding hydrogens is 470 g/mol. The minimum atomic E-state index is -3.77. The zero-order valence-corrected chi connectivity index (χ0v) is 21.3. The minimum Gasteiger partial charge on any atom is -0.493 e. The van der Waals surface area contributed by atoms with E-state index in [2.05, 4.69) is 11.9 Å². The lowest BCUT2D eigenvalue weighted by Gasteiger charge is -2.33. The summed E-state index contributed by atoms with van der Waals surface area (Å²) < 4.78 is 35.8. The topological polar surface area (TPSA) is 120 Å². The van der Waals surface area contributed by atoms with Gasteiger partial charge in [0.25, 0.3) is 5.56 Å². The third-order valence-corrected chi connectivity index (χ3v) is 8.18. The Hall–Kier alpha value is -2.73. The third-order valence-electron chi connectivity index (χ3n) is 6.28. The van der Waals surface area contributed by atoms with Crippen molar-refractivity contribution in [1.29, 1.82) is 0 Å². The Labute approximate surface area is 205 Å². The summed E-state index contributed by atoms with van der Waals surface area (Å²) in [6, 6.07) is 6.64. The molecule has 0 unspecified atom stereocenters. The number of H-pyrrole nitrogens is 1. The van der Waals surface area contributed by atoms with Gasteiger partial charge in [0.15, 0.2) is 5.82 Å². The minimum absolute atomic E-state index is 0.0471. The van der Waals surface area contributed by atoms with Crippen molar-refractivity contribution in [1.82, 2.24) is 23.8 Å². The van der Waals surface area contributed by atoms with E-state index in [0.29, 0.717) is 56.2 Å². The molecule has 1 aliphatic rings. The highest BCUT2D eigenvalue weighted by Gasteiger charge is 2.29. The summed E-state index contributed by atoms with van der Waals surface area (Å²) in [5.41, 5.74) is 2.38. The molecule has 1 fully saturated rings. The van der Waals surface area contributed by atoms with E-state index in [1.54, 1.807) is 10.6 Å². The van der Waals surface area contributed by atoms with Crippen molar-refractivity contribution in [3.05, 3.63) is 45.9 Å². The molecule has 1 aromatic carbocycles. The molecule has 190 valence electrons. The van der Waals surface area contributed by atoms with Gasteiger partial charge in [-0.15, -0.1) is 5.10 Å². The van der Waals surface area contributed by atoms with Gasteiger partial charge in [0.1, 0.15) is 11.3 Å². The first-order valence-corrected chi connectivity index (χ1v) is 13.5. The molecule has 3 aromatic rings. The first-order valence-electron chi connectivity index (χ1n) is 12.0. The van der Waals surface area contributed by atoms with Crippen LogP contribution in [0, 0.1) is 6.92 Å². The number of aromatic nitrogens is 3. The van der Waals surface area contributed by atoms with E-state index in [0.717, 1.165) is 24.1 Å². The van der Waals surface area contributed by atoms with E-state index >= 15 is 0 Å². The van der Waals surface area contributed by atoms with Gasteiger partial charge in [-0.1, -0.05) is 13.3 Å². The second kappa shape index (κ2) is 10.5. The lowest BCUT2D eigenvalue weighted by Crippen LogP contribution is -2.49. The number of benzene rings is 1. The fourth-order valence-electron chi connectivity index (χ4n) is 4.55. The Morgan fingerprint density at radius 2 is 1.89 bits per heavy atom. The lowest BCUT2D eigenvalue weighted by molar-refractivity contribution is 0.151. The van der Waals surface area contributed by atoms with E-state index in [9.17, 15) is 13.2 Å². The number of fused-ring (bicyclic) bond motifs is 1. The maximum atomic E-state index is 13.4. The van der Waals surface area contributed by atoms with Gasteiger partial charge in [-0.2, -0.15) is 4.31 Å². The van der Waals surface area contributed by atoms with Crippen LogP contribution >= 0.6 is 0 Å². The number of aromatic amines is 1. The van der Waals surface area contributed by atoms with E-state index < -0.39 is 10.0 Å². The molecule has 1 saturated heterocycles. The largest absolute Gasteiger partial charge is 0.493 e. The molecule has 0 spiro atoms. The van der Waals surface area contributed by atoms with Crippen LogP contribution in [-0.2, 0) is 16.4 Å². The molecule has 2 aromatic heterocycles. The van der Waals surface area contributed by atoms with Gasteiger partial charge in [0.2, 0.25) is 10.0 Å². The van der Waals surface area contributed by atoms with Gasteiger partial charge in [0.05, 0.1) is 23.7 Å². The summed E-state index contributed by atoms with van der Waals surface area (Å²) >= 11 is 0. The zero-order valence-electron chi connectivity index (χ0n) is 20.5. The number of sulfonamides is 1. The number of hydrogen-bond acceptors (Lipinski definition) is 7. The number of piperazine rings is 1. The summed E-state index contributed by atoms with van der Waals surface area (Å²) in [4.78, 5) is 18.0. The van der Waals surface area contributed by atoms with Crippen LogP contribution in [0.1, 0.15) is 31.5 Å². The predicted molar refractivity (Wildman–Crippen MR) is 133 cm³/mol. The second-order valence-electron chi connectivity index (χ2n) is 8.69. The summed E-state index contributed by atoms with van der Waals surface area (Å²) in [5.74, 6) is 0.700. The molecule has 0 aliphatic carbocycles. The Balaban J connectivity index is 1.78. The molecule has 0 radical (unpaired) electrons. The molecule has 1 aliphatic heterocycles. The Kier molecular flexibility index (Phi) is 7.60. The van der Waals surface area contributed by atoms with E-state index in [4.69, 9.17) is 14.9 Å². The number of hydrogen-bond donors (Lipinski definition) is 2. The molecule has 0 atom stereocenters. The highest BCUT2D eigenvalue weighted by Crippen LogP contribution is 2.32. The van der Waals surface area contributed by atoms with E-state index in [-0.39, 0.29) is 22.9 Å². The maximum absolute atomic E-state index is 13.4. The first kappa shape index (κ1) is 25.4. The van der Waals surface area contributed by atoms with Crippen molar-refractivity contribution in [3.63, 3.8) is 0 Å². The smallest absolute Gasteiger partial charge is 0.275 e. The standard InChI is InChI=1S/C24H33N5O5S/c1-4-6-18-15-17(3)22-24(31)25-23(26-29(18)22)20-16-19(7-8-21(20)34-5-2)35(32,33)28-11-9-27(10-12-28)13-14-30/h7-8,15-16,30H,4-6,9-14H2,1-3H3,(H,25,26,31). The molecule has 4 rings (SSSR count). The molecule has 3 heterocycles. The SMILES string of the molecule is CCCc1cc(C)c2c(=O)[nH]c(-c3cc(S(=O)(=O)N4CCN(CCO)CC4)ccc3OCC)nn12. The van der Waals surface area contributed by atoms with Gasteiger partial charge >= 0.3 is 0 Å². The van der Waals surface area contributed by atoms with Gasteiger partial charge in [-0.25, -0.2) is 12.9 Å². The van der Waals surface area contributed by atoms with Crippen molar-refractivity contribution in [2.24, 2.45) is 0 Å². The first-order chi connectivity index (χ1) is 16.8. The van der Waals surface area contributed by atoms with Crippen molar-refractivity contribution in [2.75, 3.05) is 45.9 Å². The molecule has 35 heavy (non-hydrogen) atoms. The van der Waals surface area contributed by atoms with Gasteiger partial charge in [-0.05, 0) is 50.1 Å². The number of nitrogens with zero attached hydrogens (tertiary/aromatic N) is 4. The fourth-order valence-corrected chi connectivity index (χ4v) is 6.00. The Morgan fingerprint density at radius 1 is 1.14 bits per heavy atom. The number of rotatable bonds is 9. The number of ether oxygens (including phenoxy) is 1. The van der Waals surface area contributed by atoms with Crippen molar-refractivity contribution < 1.29 is 18.3 Å². The monoisotopic (exact) mass is 503 g/mol. The quantitative estimate of drug-likeness (QED) is 0.456. The molecule has 0 amide bonds. The van der Waals surface area contributed by atoms with Crippen LogP contribution in [0.15, 0.2) is 34.0 Å². The van der Waals surface area contributed by atoms with Crippen LogP contribution in [0.2, 0.25) is 0 Å². The summed E-state index contributed by atoms with van der Waals surface area (Å²) in [6.07, 6.45) is 1.67. The van der Waals surface area contributed by atoms with E-state index in [1.807, 2.05) is 24.8 Å². The highest BCUT2D eigenvalue weighted by molar-refractivity contribution is 7.89. The summed E-state index contributed by atoms with van der Waals surface area (Å²) in [7, 11) is -3.77. The van der Waals surface area contributed by atoms with Crippen LogP contribution in [0.5, 0.6) is 5.75 Å². The molecular formula is C24H33N5O5S. The van der Waals surface area contributed by atoms with Crippen LogP contribution in [0.4, 0.5) is 0 Å². The Bertz CT molecular complexity index is 1360. The lowest BCUT2D eigenvalue weighted by atomic mass is 10.2. The number of aliphatic hydroxyl groups excluding tert-OH is 1. The number of nitrogens with one attached hydrogen (secondary N) is 1. The highest BCUT2D eigenvalue weighted by atomic mass is 32.2. The Morgan fingerprint density at radius 3 is 2.54 bits per heavy atom. The third kappa shape index (κ3) is 4.99. The summed E-state index contributed by atoms with van der Waals surface area (Å²) in [6.45, 7) is 8.54. The van der Waals surface area contributed by atoms with Gasteiger partial charge in [-0.3, -0.25) is 9.69 Å². The van der Waals surface area contributed by atoms with Crippen LogP contribution < -0.4 is 10.3 Å². The normalized spacial score (nSPS) is 15.7. The average molecular weight is 504 g/mol. The number of aliphatic hydroxyl groups is 1. The van der Waals surface area contributed by atoms with Crippen molar-refractivity contribution in [2.45, 2.75) is 38.5 Å². The molecule has 0 saturated carbocycles. The van der Waals surface area contributed by atoms with Crippen molar-refractivity contribution in [3.8, 4) is 17.1 Å². The van der Waals surface area contributed by atoms with Crippen LogP contribution in [-0.4, -0.2) is 83.3 Å². The van der Waals surface area contributed by atoms with Gasteiger partial charge in [0, 0.05) is 38.4 Å². The van der Waals surface area contributed by atoms with Crippen molar-refractivity contribution >= 4 is 15.5 Å². The summed E-state index contributed by atoms with van der Waals surface area (Å²) in [5, 5.41) is 13.8. The van der Waals surface area contributed by atoms with E-state index in [1.165, 1.54) is 16.4 Å². The van der Waals surface area contributed by atoms with Crippen LogP contribution in [0.25, 0.3) is 16.9 Å². The number of aryl methyl sites for hydroxylation is 2. The molecule has 2 N–H and O–H groups in total. The van der Waals surface area contributed by atoms with Gasteiger partial charge < -0.3 is 14.8 Å². The molecule has 11 heteroatoms. The molecule has 0 bridgehead atoms. The average Bonchev–Trinajstić information content (AvgIpc) is 3.15. The fraction of sp³-hybridized carbons (Fsp3) is 0.500. The predicted octanol–water partition coefficient (Wildman–Crippen LogP) is 1.65. The second-order valence-corrected chi connectivity index (χ2v) is 10.6. The maximum Gasteiger partial charge on any atom is 0.275 e. The number of β-amino-alcohol motifs (C(OH)–C–C–N with tert-alkyl or cyclic N) is 1. The van der Waals surface area contributed by atoms with Crippen LogP contribution in [0.3, 0.4) is 0 Å². The zero-order chi connectivity index (χ0) is 25.2.